The molecular weight excluding hydrogens is 224 g/mol. The molecule has 0 heterocycles. The lowest BCUT2D eigenvalue weighted by Gasteiger charge is -2.03. The number of aromatic hydroxyl groups is 1. The van der Waals surface area contributed by atoms with Crippen molar-refractivity contribution >= 4 is 11.9 Å². The number of hydrogen-bond donors (Lipinski definition) is 1. The zero-order chi connectivity index (χ0) is 13.0. The maximum atomic E-state index is 12.1. The summed E-state index contributed by atoms with van der Waals surface area (Å²) >= 11 is 0. The van der Waals surface area contributed by atoms with Crippen molar-refractivity contribution in [2.24, 2.45) is 0 Å². The molecule has 2 rings (SSSR count). The monoisotopic (exact) mass is 238 g/mol. The number of allylic oxidation sites excluding steroid dienone is 1. The third kappa shape index (κ3) is 2.66. The largest absolute Gasteiger partial charge is 0.507 e. The number of para-hydroxylation sites is 1. The fourth-order valence-corrected chi connectivity index (χ4v) is 1.74. The van der Waals surface area contributed by atoms with Gasteiger partial charge in [0.15, 0.2) is 5.78 Å². The van der Waals surface area contributed by atoms with Gasteiger partial charge >= 0.3 is 0 Å². The normalized spacial score (nSPS) is 11.3. The first-order valence-corrected chi connectivity index (χ1v) is 5.74. The highest BCUT2D eigenvalue weighted by Gasteiger charge is 2.11. The van der Waals surface area contributed by atoms with E-state index in [1.807, 2.05) is 36.4 Å². The van der Waals surface area contributed by atoms with Gasteiger partial charge in [-0.15, -0.1) is 0 Å². The highest BCUT2D eigenvalue weighted by molar-refractivity contribution is 6.12. The second-order valence-electron chi connectivity index (χ2n) is 4.08. The topological polar surface area (TPSA) is 37.3 Å². The van der Waals surface area contributed by atoms with Crippen molar-refractivity contribution in [2.45, 2.75) is 6.92 Å². The number of Topliss-reactive ketones (excluding diaryl/α,β-unsaturated/α-hetero) is 1. The number of phenolic OH excluding ortho intramolecular Hbond substituents is 1. The van der Waals surface area contributed by atoms with Crippen LogP contribution in [0.3, 0.4) is 0 Å². The second-order valence-corrected chi connectivity index (χ2v) is 4.08. The molecule has 0 aliphatic heterocycles. The van der Waals surface area contributed by atoms with Crippen LogP contribution in [0.4, 0.5) is 0 Å². The van der Waals surface area contributed by atoms with Crippen molar-refractivity contribution in [1.82, 2.24) is 0 Å². The number of rotatable bonds is 3. The molecule has 0 unspecified atom stereocenters. The quantitative estimate of drug-likeness (QED) is 0.654. The van der Waals surface area contributed by atoms with Crippen molar-refractivity contribution in [1.29, 1.82) is 0 Å². The smallest absolute Gasteiger partial charge is 0.192 e. The van der Waals surface area contributed by atoms with Gasteiger partial charge in [0.25, 0.3) is 0 Å². The molecule has 0 spiro atoms. The Hall–Kier alpha value is -2.35. The van der Waals surface area contributed by atoms with Gasteiger partial charge in [-0.05, 0) is 36.3 Å². The first-order chi connectivity index (χ1) is 8.68. The molecule has 0 atom stereocenters. The minimum Gasteiger partial charge on any atom is -0.507 e. The molecule has 0 saturated carbocycles. The Kier molecular flexibility index (Phi) is 3.58. The summed E-state index contributed by atoms with van der Waals surface area (Å²) in [5, 5.41) is 9.65. The zero-order valence-electron chi connectivity index (χ0n) is 10.1. The molecule has 2 aromatic carbocycles. The van der Waals surface area contributed by atoms with Crippen LogP contribution in [0.5, 0.6) is 5.75 Å². The van der Waals surface area contributed by atoms with Gasteiger partial charge in [-0.2, -0.15) is 0 Å². The second kappa shape index (κ2) is 5.32. The van der Waals surface area contributed by atoms with E-state index in [-0.39, 0.29) is 11.5 Å². The van der Waals surface area contributed by atoms with Crippen LogP contribution in [0.25, 0.3) is 6.08 Å². The van der Waals surface area contributed by atoms with Gasteiger partial charge in [0.1, 0.15) is 5.75 Å². The fraction of sp³-hybridized carbons (Fsp3) is 0.0625. The van der Waals surface area contributed by atoms with Gasteiger partial charge < -0.3 is 5.11 Å². The lowest BCUT2D eigenvalue weighted by molar-refractivity contribution is 0.103. The van der Waals surface area contributed by atoms with Gasteiger partial charge in [-0.3, -0.25) is 4.79 Å². The fourth-order valence-electron chi connectivity index (χ4n) is 1.74. The number of hydrogen-bond acceptors (Lipinski definition) is 2. The highest BCUT2D eigenvalue weighted by atomic mass is 16.3. The molecule has 1 N–H and O–H groups in total. The van der Waals surface area contributed by atoms with Gasteiger partial charge in [0, 0.05) is 0 Å². The van der Waals surface area contributed by atoms with E-state index in [2.05, 4.69) is 0 Å². The molecule has 0 fully saturated rings. The maximum absolute atomic E-state index is 12.1. The molecule has 0 bridgehead atoms. The Labute approximate surface area is 106 Å². The summed E-state index contributed by atoms with van der Waals surface area (Å²) in [4.78, 5) is 12.1. The number of ketones is 1. The Bertz CT molecular complexity index is 583. The molecule has 2 nitrogen and oxygen atoms in total. The van der Waals surface area contributed by atoms with Crippen molar-refractivity contribution in [3.63, 3.8) is 0 Å². The maximum Gasteiger partial charge on any atom is 0.192 e. The summed E-state index contributed by atoms with van der Waals surface area (Å²) in [6, 6.07) is 16.2. The van der Waals surface area contributed by atoms with E-state index in [4.69, 9.17) is 0 Å². The van der Waals surface area contributed by atoms with Crippen LogP contribution in [0.2, 0.25) is 0 Å². The number of carbonyl (C=O) groups is 1. The van der Waals surface area contributed by atoms with Crippen molar-refractivity contribution < 1.29 is 9.90 Å². The minimum absolute atomic E-state index is 0.0170. The summed E-state index contributed by atoms with van der Waals surface area (Å²) in [5.41, 5.74) is 1.91. The first-order valence-electron chi connectivity index (χ1n) is 5.74. The van der Waals surface area contributed by atoms with E-state index in [9.17, 15) is 9.90 Å². The van der Waals surface area contributed by atoms with E-state index in [1.54, 1.807) is 25.1 Å². The molecule has 2 aromatic rings. The van der Waals surface area contributed by atoms with Crippen LogP contribution < -0.4 is 0 Å². The van der Waals surface area contributed by atoms with Crippen molar-refractivity contribution in [2.75, 3.05) is 0 Å². The summed E-state index contributed by atoms with van der Waals surface area (Å²) in [5.74, 6) is -0.139. The van der Waals surface area contributed by atoms with Crippen LogP contribution >= 0.6 is 0 Å². The summed E-state index contributed by atoms with van der Waals surface area (Å²) in [7, 11) is 0. The number of benzene rings is 2. The molecule has 90 valence electrons. The number of carbonyl (C=O) groups excluding carboxylic acids is 1. The Balaban J connectivity index is 2.30. The van der Waals surface area contributed by atoms with E-state index in [0.29, 0.717) is 11.1 Å². The third-order valence-corrected chi connectivity index (χ3v) is 2.69. The van der Waals surface area contributed by atoms with Gasteiger partial charge in [-0.1, -0.05) is 42.5 Å². The Morgan fingerprint density at radius 1 is 1.00 bits per heavy atom. The minimum atomic E-state index is -0.156. The van der Waals surface area contributed by atoms with Crippen LogP contribution in [0, 0.1) is 0 Å². The summed E-state index contributed by atoms with van der Waals surface area (Å²) in [6.07, 6.45) is 1.81. The molecule has 0 aliphatic rings. The van der Waals surface area contributed by atoms with Crippen LogP contribution in [-0.2, 0) is 0 Å². The van der Waals surface area contributed by atoms with E-state index >= 15 is 0 Å². The lowest BCUT2D eigenvalue weighted by atomic mass is 10.0. The Morgan fingerprint density at radius 2 is 1.61 bits per heavy atom. The zero-order valence-corrected chi connectivity index (χ0v) is 10.1. The molecule has 0 amide bonds. The van der Waals surface area contributed by atoms with Gasteiger partial charge in [0.2, 0.25) is 0 Å². The van der Waals surface area contributed by atoms with Crippen molar-refractivity contribution in [3.05, 3.63) is 71.3 Å². The van der Waals surface area contributed by atoms with Crippen LogP contribution in [0.15, 0.2) is 60.2 Å². The van der Waals surface area contributed by atoms with E-state index in [0.717, 1.165) is 5.56 Å². The number of phenols is 1. The lowest BCUT2D eigenvalue weighted by Crippen LogP contribution is -2.00. The van der Waals surface area contributed by atoms with E-state index in [1.165, 1.54) is 6.07 Å². The van der Waals surface area contributed by atoms with Crippen molar-refractivity contribution in [3.8, 4) is 5.75 Å². The predicted molar refractivity (Wildman–Crippen MR) is 72.5 cm³/mol. The van der Waals surface area contributed by atoms with E-state index < -0.39 is 0 Å². The molecule has 2 heteroatoms. The highest BCUT2D eigenvalue weighted by Crippen LogP contribution is 2.20. The Morgan fingerprint density at radius 3 is 2.28 bits per heavy atom. The molecule has 0 aromatic heterocycles. The SMILES string of the molecule is C/C(=C\c1ccccc1)C(=O)c1ccccc1O. The molecule has 0 aliphatic carbocycles. The van der Waals surface area contributed by atoms with Crippen LogP contribution in [-0.4, -0.2) is 10.9 Å². The predicted octanol–water partition coefficient (Wildman–Crippen LogP) is 3.68. The molecular formula is C16H14O2. The molecule has 0 saturated heterocycles. The molecule has 0 radical (unpaired) electrons. The summed E-state index contributed by atoms with van der Waals surface area (Å²) < 4.78 is 0. The average molecular weight is 238 g/mol. The van der Waals surface area contributed by atoms with Gasteiger partial charge in [0.05, 0.1) is 5.56 Å². The molecule has 18 heavy (non-hydrogen) atoms. The third-order valence-electron chi connectivity index (χ3n) is 2.69. The summed E-state index contributed by atoms with van der Waals surface area (Å²) in [6.45, 7) is 1.75. The first kappa shape index (κ1) is 12.1. The van der Waals surface area contributed by atoms with Crippen LogP contribution in [0.1, 0.15) is 22.8 Å². The average Bonchev–Trinajstić information content (AvgIpc) is 2.39. The van der Waals surface area contributed by atoms with Gasteiger partial charge in [-0.25, -0.2) is 0 Å². The standard InChI is InChI=1S/C16H14O2/c1-12(11-13-7-3-2-4-8-13)16(18)14-9-5-6-10-15(14)17/h2-11,17H,1H3/b12-11+.